The van der Waals surface area contributed by atoms with Crippen molar-refractivity contribution in [2.24, 2.45) is 5.41 Å². The molecule has 2 heterocycles. The predicted octanol–water partition coefficient (Wildman–Crippen LogP) is 9.45. The molecule has 0 amide bonds. The molecule has 0 radical (unpaired) electrons. The molecule has 0 fully saturated rings. The highest BCUT2D eigenvalue weighted by molar-refractivity contribution is 6.30. The van der Waals surface area contributed by atoms with Gasteiger partial charge in [0, 0.05) is 45.4 Å². The normalized spacial score (nSPS) is 12.1. The second-order valence-electron chi connectivity index (χ2n) is 12.9. The van der Waals surface area contributed by atoms with Gasteiger partial charge < -0.3 is 14.4 Å². The number of aromatic nitrogens is 2. The maximum Gasteiger partial charge on any atom is 0.309 e. The van der Waals surface area contributed by atoms with Crippen LogP contribution in [0.2, 0.25) is 5.02 Å². The molecule has 0 aliphatic heterocycles. The molecule has 6 aromatic rings. The van der Waals surface area contributed by atoms with Crippen molar-refractivity contribution in [2.45, 2.75) is 52.7 Å². The van der Waals surface area contributed by atoms with Crippen LogP contribution in [0.1, 0.15) is 55.8 Å². The van der Waals surface area contributed by atoms with E-state index in [2.05, 4.69) is 66.9 Å². The second-order valence-corrected chi connectivity index (χ2v) is 13.3. The summed E-state index contributed by atoms with van der Waals surface area (Å²) >= 11 is 6.22. The molecule has 0 unspecified atom stereocenters. The SMILES string of the molecule is CC(C)(Cc1c(C(C)(C)c2ccccc2)c2cc(OCc3ccc4ccccc4n3)ccc2n1Cc1ccc(Cl)cc1)C(=O)O. The molecule has 0 atom stereocenters. The van der Waals surface area contributed by atoms with Gasteiger partial charge in [-0.1, -0.05) is 92.2 Å². The second kappa shape index (κ2) is 12.1. The minimum atomic E-state index is -0.991. The fraction of sp³-hybridized carbons (Fsp3) is 0.231. The Balaban J connectivity index is 1.51. The van der Waals surface area contributed by atoms with E-state index in [4.69, 9.17) is 21.3 Å². The lowest BCUT2D eigenvalue weighted by atomic mass is 9.74. The molecule has 0 aliphatic carbocycles. The first-order valence-corrected chi connectivity index (χ1v) is 15.6. The van der Waals surface area contributed by atoms with E-state index in [0.29, 0.717) is 24.6 Å². The Bertz CT molecular complexity index is 1990. The molecule has 6 heteroatoms. The molecular formula is C39H37ClN2O3. The highest BCUT2D eigenvalue weighted by Crippen LogP contribution is 2.43. The van der Waals surface area contributed by atoms with Crippen LogP contribution in [0, 0.1) is 5.41 Å². The van der Waals surface area contributed by atoms with E-state index in [1.807, 2.05) is 60.7 Å². The Labute approximate surface area is 269 Å². The molecule has 0 aliphatic rings. The van der Waals surface area contributed by atoms with Crippen LogP contribution in [0.5, 0.6) is 5.75 Å². The van der Waals surface area contributed by atoms with Gasteiger partial charge in [-0.2, -0.15) is 0 Å². The summed E-state index contributed by atoms with van der Waals surface area (Å²) < 4.78 is 8.64. The third-order valence-electron chi connectivity index (χ3n) is 8.75. The van der Waals surface area contributed by atoms with E-state index in [-0.39, 0.29) is 0 Å². The summed E-state index contributed by atoms with van der Waals surface area (Å²) in [7, 11) is 0. The van der Waals surface area contributed by atoms with E-state index in [9.17, 15) is 9.90 Å². The smallest absolute Gasteiger partial charge is 0.309 e. The highest BCUT2D eigenvalue weighted by atomic mass is 35.5. The summed E-state index contributed by atoms with van der Waals surface area (Å²) in [5, 5.41) is 13.0. The summed E-state index contributed by atoms with van der Waals surface area (Å²) in [6.45, 7) is 8.93. The van der Waals surface area contributed by atoms with Gasteiger partial charge in [-0.25, -0.2) is 4.98 Å². The Kier molecular flexibility index (Phi) is 8.15. The molecule has 228 valence electrons. The number of para-hydroxylation sites is 1. The van der Waals surface area contributed by atoms with E-state index < -0.39 is 16.8 Å². The third kappa shape index (κ3) is 6.18. The van der Waals surface area contributed by atoms with E-state index in [0.717, 1.165) is 55.6 Å². The van der Waals surface area contributed by atoms with Crippen molar-refractivity contribution in [2.75, 3.05) is 0 Å². The molecule has 2 aromatic heterocycles. The maximum absolute atomic E-state index is 12.5. The van der Waals surface area contributed by atoms with Crippen molar-refractivity contribution >= 4 is 39.4 Å². The van der Waals surface area contributed by atoms with Crippen LogP contribution in [0.25, 0.3) is 21.8 Å². The molecule has 5 nitrogen and oxygen atoms in total. The van der Waals surface area contributed by atoms with Gasteiger partial charge in [0.2, 0.25) is 0 Å². The predicted molar refractivity (Wildman–Crippen MR) is 182 cm³/mol. The Hall–Kier alpha value is -4.61. The van der Waals surface area contributed by atoms with Gasteiger partial charge >= 0.3 is 5.97 Å². The number of aliphatic carboxylic acids is 1. The number of benzene rings is 4. The maximum atomic E-state index is 12.5. The average Bonchev–Trinajstić information content (AvgIpc) is 3.33. The third-order valence-corrected chi connectivity index (χ3v) is 9.00. The number of pyridine rings is 1. The van der Waals surface area contributed by atoms with Gasteiger partial charge in [-0.05, 0) is 73.0 Å². The van der Waals surface area contributed by atoms with Crippen LogP contribution < -0.4 is 4.74 Å². The number of ether oxygens (including phenoxy) is 1. The van der Waals surface area contributed by atoms with Gasteiger partial charge in [-0.15, -0.1) is 0 Å². The molecule has 45 heavy (non-hydrogen) atoms. The van der Waals surface area contributed by atoms with Crippen molar-refractivity contribution in [1.29, 1.82) is 0 Å². The largest absolute Gasteiger partial charge is 0.487 e. The number of hydrogen-bond donors (Lipinski definition) is 1. The van der Waals surface area contributed by atoms with Crippen LogP contribution in [0.15, 0.2) is 109 Å². The van der Waals surface area contributed by atoms with E-state index in [1.54, 1.807) is 13.8 Å². The van der Waals surface area contributed by atoms with Crippen molar-refractivity contribution in [1.82, 2.24) is 9.55 Å². The van der Waals surface area contributed by atoms with Crippen LogP contribution in [0.3, 0.4) is 0 Å². The number of nitrogens with zero attached hydrogens (tertiary/aromatic N) is 2. The minimum absolute atomic E-state index is 0.331. The number of hydrogen-bond acceptors (Lipinski definition) is 3. The average molecular weight is 617 g/mol. The number of fused-ring (bicyclic) bond motifs is 2. The van der Waals surface area contributed by atoms with Crippen molar-refractivity contribution in [3.05, 3.63) is 142 Å². The van der Waals surface area contributed by atoms with Crippen LogP contribution in [-0.2, 0) is 29.8 Å². The summed E-state index contributed by atoms with van der Waals surface area (Å²) in [4.78, 5) is 17.3. The number of rotatable bonds is 10. The number of carbonyl (C=O) groups is 1. The topological polar surface area (TPSA) is 64.4 Å². The standard InChI is InChI=1S/C39H37ClN2O3/c1-38(2,37(43)44)23-35-36(39(3,4)28-11-6-5-7-12-28)32-22-31(45-25-30-19-16-27-10-8-9-13-33(27)41-30)20-21-34(32)42(35)24-26-14-17-29(40)18-15-26/h5-22H,23-25H2,1-4H3,(H,43,44). The molecular weight excluding hydrogens is 580 g/mol. The first-order valence-electron chi connectivity index (χ1n) is 15.2. The van der Waals surface area contributed by atoms with E-state index >= 15 is 0 Å². The molecule has 0 spiro atoms. The lowest BCUT2D eigenvalue weighted by Gasteiger charge is -2.30. The first kappa shape index (κ1) is 30.4. The molecule has 0 saturated heterocycles. The van der Waals surface area contributed by atoms with Crippen molar-refractivity contribution in [3.8, 4) is 5.75 Å². The summed E-state index contributed by atoms with van der Waals surface area (Å²) in [5.41, 5.74) is 5.71. The van der Waals surface area contributed by atoms with Crippen LogP contribution in [-0.4, -0.2) is 20.6 Å². The van der Waals surface area contributed by atoms with Gasteiger partial charge in [0.15, 0.2) is 0 Å². The summed E-state index contributed by atoms with van der Waals surface area (Å²) in [6, 6.07) is 36.5. The minimum Gasteiger partial charge on any atom is -0.487 e. The van der Waals surface area contributed by atoms with Crippen molar-refractivity contribution in [3.63, 3.8) is 0 Å². The Morgan fingerprint density at radius 2 is 1.58 bits per heavy atom. The zero-order valence-electron chi connectivity index (χ0n) is 26.0. The van der Waals surface area contributed by atoms with Crippen LogP contribution >= 0.6 is 11.6 Å². The number of carboxylic acids is 1. The molecule has 0 saturated carbocycles. The first-order chi connectivity index (χ1) is 21.5. The fourth-order valence-electron chi connectivity index (χ4n) is 6.15. The zero-order chi connectivity index (χ0) is 31.8. The summed E-state index contributed by atoms with van der Waals surface area (Å²) in [6.07, 6.45) is 0.355. The molecule has 4 aromatic carbocycles. The fourth-order valence-corrected chi connectivity index (χ4v) is 6.28. The van der Waals surface area contributed by atoms with E-state index in [1.165, 1.54) is 0 Å². The summed E-state index contributed by atoms with van der Waals surface area (Å²) in [5.74, 6) is -0.101. The quantitative estimate of drug-likeness (QED) is 0.166. The van der Waals surface area contributed by atoms with Gasteiger partial charge in [0.05, 0.1) is 16.6 Å². The van der Waals surface area contributed by atoms with Gasteiger partial charge in [0.1, 0.15) is 12.4 Å². The number of carboxylic acid groups (broad SMARTS) is 1. The number of halogens is 1. The molecule has 0 bridgehead atoms. The molecule has 1 N–H and O–H groups in total. The monoisotopic (exact) mass is 616 g/mol. The zero-order valence-corrected chi connectivity index (χ0v) is 26.8. The molecule has 6 rings (SSSR count). The van der Waals surface area contributed by atoms with Crippen molar-refractivity contribution < 1.29 is 14.6 Å². The Morgan fingerprint density at radius 3 is 2.31 bits per heavy atom. The lowest BCUT2D eigenvalue weighted by molar-refractivity contribution is -0.146. The lowest BCUT2D eigenvalue weighted by Crippen LogP contribution is -2.30. The van der Waals surface area contributed by atoms with Gasteiger partial charge in [-0.3, -0.25) is 4.79 Å². The Morgan fingerprint density at radius 1 is 0.867 bits per heavy atom. The van der Waals surface area contributed by atoms with Crippen LogP contribution in [0.4, 0.5) is 0 Å². The highest BCUT2D eigenvalue weighted by Gasteiger charge is 2.36. The van der Waals surface area contributed by atoms with Gasteiger partial charge in [0.25, 0.3) is 0 Å².